The molecule has 2 aromatic carbocycles. The summed E-state index contributed by atoms with van der Waals surface area (Å²) in [6.45, 7) is 3.58. The van der Waals surface area contributed by atoms with Crippen LogP contribution in [0.1, 0.15) is 18.1 Å². The van der Waals surface area contributed by atoms with Crippen molar-refractivity contribution < 1.29 is 4.79 Å². The lowest BCUT2D eigenvalue weighted by atomic mass is 9.96. The highest BCUT2D eigenvalue weighted by molar-refractivity contribution is 6.39. The molecule has 5 nitrogen and oxygen atoms in total. The van der Waals surface area contributed by atoms with Gasteiger partial charge in [-0.1, -0.05) is 35.3 Å². The van der Waals surface area contributed by atoms with Gasteiger partial charge >= 0.3 is 0 Å². The van der Waals surface area contributed by atoms with E-state index in [0.717, 1.165) is 27.9 Å². The first-order valence-electron chi connectivity index (χ1n) is 8.14. The topological polar surface area (TPSA) is 98.4 Å². The van der Waals surface area contributed by atoms with Crippen molar-refractivity contribution in [2.75, 3.05) is 18.0 Å². The van der Waals surface area contributed by atoms with E-state index in [0.29, 0.717) is 40.9 Å². The SMILES string of the molecule is C/C=C(/CN1Cc2c(N)ccc(-c3cc(Cl)c(N)c(Cl)c3)c2C1)C(N)=O. The zero-order valence-corrected chi connectivity index (χ0v) is 15.9. The van der Waals surface area contributed by atoms with Crippen LogP contribution < -0.4 is 17.2 Å². The van der Waals surface area contributed by atoms with Crippen molar-refractivity contribution in [1.82, 2.24) is 4.90 Å². The standard InChI is InChI=1S/C19H20Cl2N4O/c1-2-10(19(24)26)7-25-8-13-12(3-4-17(22)14(13)9-25)11-5-15(20)18(23)16(21)6-11/h2-6H,7-9,22-23H2,1H3,(H2,24,26)/b10-2-. The van der Waals surface area contributed by atoms with Gasteiger partial charge < -0.3 is 17.2 Å². The van der Waals surface area contributed by atoms with Crippen LogP contribution in [-0.2, 0) is 17.9 Å². The molecule has 6 N–H and O–H groups in total. The summed E-state index contributed by atoms with van der Waals surface area (Å²) in [4.78, 5) is 13.6. The minimum Gasteiger partial charge on any atom is -0.398 e. The summed E-state index contributed by atoms with van der Waals surface area (Å²) < 4.78 is 0. The van der Waals surface area contributed by atoms with E-state index < -0.39 is 5.91 Å². The first kappa shape index (κ1) is 18.6. The molecule has 1 amide bonds. The average Bonchev–Trinajstić information content (AvgIpc) is 3.02. The Hall–Kier alpha value is -2.21. The van der Waals surface area contributed by atoms with E-state index in [4.69, 9.17) is 40.4 Å². The van der Waals surface area contributed by atoms with Crippen molar-refractivity contribution in [2.24, 2.45) is 5.73 Å². The highest BCUT2D eigenvalue weighted by Gasteiger charge is 2.26. The number of nitrogen functional groups attached to an aromatic ring is 2. The van der Waals surface area contributed by atoms with Crippen molar-refractivity contribution in [3.63, 3.8) is 0 Å². The molecule has 0 saturated heterocycles. The molecule has 2 aromatic rings. The Morgan fingerprint density at radius 2 is 1.77 bits per heavy atom. The molecule has 0 fully saturated rings. The molecule has 0 bridgehead atoms. The number of carbonyl (C=O) groups excluding carboxylic acids is 1. The second kappa shape index (κ2) is 7.19. The molecule has 7 heteroatoms. The predicted octanol–water partition coefficient (Wildman–Crippen LogP) is 3.57. The number of amides is 1. The molecule has 26 heavy (non-hydrogen) atoms. The maximum absolute atomic E-state index is 11.5. The molecule has 0 radical (unpaired) electrons. The lowest BCUT2D eigenvalue weighted by Gasteiger charge is -2.15. The maximum Gasteiger partial charge on any atom is 0.245 e. The summed E-state index contributed by atoms with van der Waals surface area (Å²) in [5.74, 6) is -0.409. The number of allylic oxidation sites excluding steroid dienone is 1. The van der Waals surface area contributed by atoms with Gasteiger partial charge in [-0.3, -0.25) is 9.69 Å². The van der Waals surface area contributed by atoms with Crippen LogP contribution in [0.2, 0.25) is 10.0 Å². The molecule has 136 valence electrons. The van der Waals surface area contributed by atoms with Gasteiger partial charge in [0, 0.05) is 30.9 Å². The van der Waals surface area contributed by atoms with Crippen LogP contribution in [0.3, 0.4) is 0 Å². The van der Waals surface area contributed by atoms with Gasteiger partial charge in [0.1, 0.15) is 0 Å². The van der Waals surface area contributed by atoms with Gasteiger partial charge in [-0.15, -0.1) is 0 Å². The fourth-order valence-corrected chi connectivity index (χ4v) is 3.74. The summed E-state index contributed by atoms with van der Waals surface area (Å²) in [5, 5.41) is 0.829. The molecule has 0 unspecified atom stereocenters. The highest BCUT2D eigenvalue weighted by atomic mass is 35.5. The first-order chi connectivity index (χ1) is 12.3. The van der Waals surface area contributed by atoms with Crippen LogP contribution >= 0.6 is 23.2 Å². The van der Waals surface area contributed by atoms with Crippen molar-refractivity contribution in [2.45, 2.75) is 20.0 Å². The van der Waals surface area contributed by atoms with Crippen molar-refractivity contribution in [1.29, 1.82) is 0 Å². The molecule has 1 heterocycles. The summed E-state index contributed by atoms with van der Waals surface area (Å²) in [7, 11) is 0. The van der Waals surface area contributed by atoms with Crippen LogP contribution in [0.4, 0.5) is 11.4 Å². The number of carbonyl (C=O) groups is 1. The Bertz CT molecular complexity index is 901. The number of nitrogens with two attached hydrogens (primary N) is 3. The quantitative estimate of drug-likeness (QED) is 0.548. The minimum atomic E-state index is -0.409. The highest BCUT2D eigenvalue weighted by Crippen LogP contribution is 2.39. The third kappa shape index (κ3) is 3.38. The molecule has 0 aliphatic carbocycles. The van der Waals surface area contributed by atoms with E-state index >= 15 is 0 Å². The van der Waals surface area contributed by atoms with Gasteiger partial charge in [-0.05, 0) is 47.4 Å². The monoisotopic (exact) mass is 390 g/mol. The van der Waals surface area contributed by atoms with Gasteiger partial charge in [0.25, 0.3) is 0 Å². The van der Waals surface area contributed by atoms with Gasteiger partial charge in [0.05, 0.1) is 15.7 Å². The number of hydrogen-bond acceptors (Lipinski definition) is 4. The Labute approximate surface area is 162 Å². The number of nitrogens with zero attached hydrogens (tertiary/aromatic N) is 1. The zero-order chi connectivity index (χ0) is 19.0. The fourth-order valence-electron chi connectivity index (χ4n) is 3.26. The first-order valence-corrected chi connectivity index (χ1v) is 8.89. The Kier molecular flexibility index (Phi) is 5.14. The van der Waals surface area contributed by atoms with E-state index in [1.54, 1.807) is 18.2 Å². The van der Waals surface area contributed by atoms with E-state index in [2.05, 4.69) is 4.90 Å². The number of fused-ring (bicyclic) bond motifs is 1. The minimum absolute atomic E-state index is 0.366. The van der Waals surface area contributed by atoms with Crippen LogP contribution in [0.25, 0.3) is 11.1 Å². The van der Waals surface area contributed by atoms with Crippen LogP contribution in [0.15, 0.2) is 35.9 Å². The molecule has 1 aliphatic heterocycles. The Morgan fingerprint density at radius 3 is 2.35 bits per heavy atom. The summed E-state index contributed by atoms with van der Waals surface area (Å²) in [6.07, 6.45) is 1.75. The lowest BCUT2D eigenvalue weighted by Crippen LogP contribution is -2.26. The van der Waals surface area contributed by atoms with Gasteiger partial charge in [0.15, 0.2) is 0 Å². The van der Waals surface area contributed by atoms with E-state index in [1.165, 1.54) is 0 Å². The molecule has 0 saturated carbocycles. The number of benzene rings is 2. The van der Waals surface area contributed by atoms with Gasteiger partial charge in [0.2, 0.25) is 5.91 Å². The molecule has 0 aromatic heterocycles. The second-order valence-electron chi connectivity index (χ2n) is 6.34. The number of halogens is 2. The number of anilines is 2. The summed E-state index contributed by atoms with van der Waals surface area (Å²) >= 11 is 12.4. The largest absolute Gasteiger partial charge is 0.398 e. The van der Waals surface area contributed by atoms with Crippen molar-refractivity contribution in [3.8, 4) is 11.1 Å². The normalized spacial score (nSPS) is 14.5. The maximum atomic E-state index is 11.5. The molecular formula is C19H20Cl2N4O. The number of primary amides is 1. The molecular weight excluding hydrogens is 371 g/mol. The van der Waals surface area contributed by atoms with Crippen LogP contribution in [-0.4, -0.2) is 17.4 Å². The average molecular weight is 391 g/mol. The van der Waals surface area contributed by atoms with Crippen molar-refractivity contribution >= 4 is 40.5 Å². The smallest absolute Gasteiger partial charge is 0.245 e. The summed E-state index contributed by atoms with van der Waals surface area (Å²) in [6, 6.07) is 7.44. The van der Waals surface area contributed by atoms with Gasteiger partial charge in [-0.25, -0.2) is 0 Å². The van der Waals surface area contributed by atoms with E-state index in [1.807, 2.05) is 19.1 Å². The fraction of sp³-hybridized carbons (Fsp3) is 0.211. The third-order valence-corrected chi connectivity index (χ3v) is 5.31. The Balaban J connectivity index is 1.99. The Morgan fingerprint density at radius 1 is 1.15 bits per heavy atom. The number of rotatable bonds is 4. The third-order valence-electron chi connectivity index (χ3n) is 4.68. The second-order valence-corrected chi connectivity index (χ2v) is 7.15. The molecule has 3 rings (SSSR count). The van der Waals surface area contributed by atoms with Crippen molar-refractivity contribution in [3.05, 3.63) is 57.1 Å². The number of hydrogen-bond donors (Lipinski definition) is 3. The predicted molar refractivity (Wildman–Crippen MR) is 108 cm³/mol. The molecule has 1 aliphatic rings. The summed E-state index contributed by atoms with van der Waals surface area (Å²) in [5.41, 5.74) is 23.2. The zero-order valence-electron chi connectivity index (χ0n) is 14.4. The van der Waals surface area contributed by atoms with E-state index in [-0.39, 0.29) is 0 Å². The van der Waals surface area contributed by atoms with Crippen LogP contribution in [0, 0.1) is 0 Å². The molecule has 0 atom stereocenters. The van der Waals surface area contributed by atoms with Gasteiger partial charge in [-0.2, -0.15) is 0 Å². The van der Waals surface area contributed by atoms with E-state index in [9.17, 15) is 4.79 Å². The lowest BCUT2D eigenvalue weighted by molar-refractivity contribution is -0.114. The van der Waals surface area contributed by atoms with Crippen LogP contribution in [0.5, 0.6) is 0 Å². The molecule has 0 spiro atoms.